The standard InChI is InChI=1S/C29H35FN4O/c1-19-15-16-31-27(19)33-28(35)29(2,3)26(20-7-5-4-6-8-20)21-9-14-25-22(17-21)18-32-34(25)24-12-10-23(30)11-13-24/h10-13,15-20,26H,4-9,14H2,1-3H3,(H,31,33,35). The maximum absolute atomic E-state index is 13.7. The quantitative estimate of drug-likeness (QED) is 0.557. The van der Waals surface area contributed by atoms with Crippen LogP contribution < -0.4 is 5.32 Å². The molecule has 6 heteroatoms. The van der Waals surface area contributed by atoms with Crippen molar-refractivity contribution in [3.05, 3.63) is 65.4 Å². The molecule has 1 aromatic carbocycles. The van der Waals surface area contributed by atoms with Crippen LogP contribution in [0.15, 0.2) is 53.3 Å². The first-order valence-electron chi connectivity index (χ1n) is 12.9. The van der Waals surface area contributed by atoms with E-state index in [0.29, 0.717) is 5.92 Å². The van der Waals surface area contributed by atoms with E-state index in [1.54, 1.807) is 18.3 Å². The molecule has 1 aromatic heterocycles. The first-order valence-corrected chi connectivity index (χ1v) is 12.9. The van der Waals surface area contributed by atoms with Crippen LogP contribution in [-0.2, 0) is 11.2 Å². The average Bonchev–Trinajstić information content (AvgIpc) is 3.46. The Morgan fingerprint density at radius 2 is 1.89 bits per heavy atom. The van der Waals surface area contributed by atoms with Gasteiger partial charge in [0, 0.05) is 17.7 Å². The van der Waals surface area contributed by atoms with E-state index in [-0.39, 0.29) is 23.6 Å². The predicted octanol–water partition coefficient (Wildman–Crippen LogP) is 6.24. The third-order valence-corrected chi connectivity index (χ3v) is 8.11. The van der Waals surface area contributed by atoms with Crippen LogP contribution in [0.1, 0.15) is 70.6 Å². The average molecular weight is 475 g/mol. The highest BCUT2D eigenvalue weighted by molar-refractivity contribution is 6.03. The lowest BCUT2D eigenvalue weighted by Gasteiger charge is -2.42. The van der Waals surface area contributed by atoms with Crippen LogP contribution in [-0.4, -0.2) is 21.5 Å². The Morgan fingerprint density at radius 3 is 2.57 bits per heavy atom. The number of benzene rings is 1. The van der Waals surface area contributed by atoms with Crippen LogP contribution in [0.25, 0.3) is 11.8 Å². The van der Waals surface area contributed by atoms with Gasteiger partial charge in [-0.1, -0.05) is 57.8 Å². The number of allylic oxidation sites excluding steroid dienone is 1. The van der Waals surface area contributed by atoms with Gasteiger partial charge in [0.1, 0.15) is 11.7 Å². The Kier molecular flexibility index (Phi) is 6.47. The molecule has 2 heterocycles. The van der Waals surface area contributed by atoms with Gasteiger partial charge < -0.3 is 5.32 Å². The molecule has 2 aromatic rings. The summed E-state index contributed by atoms with van der Waals surface area (Å²) in [4.78, 5) is 18.0. The number of hydrogen-bond donors (Lipinski definition) is 1. The van der Waals surface area contributed by atoms with Crippen molar-refractivity contribution in [3.63, 3.8) is 0 Å². The number of rotatable bonds is 5. The van der Waals surface area contributed by atoms with Gasteiger partial charge in [-0.25, -0.2) is 14.1 Å². The molecule has 2 atom stereocenters. The fraction of sp³-hybridized carbons (Fsp3) is 0.483. The van der Waals surface area contributed by atoms with Gasteiger partial charge in [0.05, 0.1) is 23.0 Å². The minimum absolute atomic E-state index is 0.0519. The number of halogens is 1. The molecule has 184 valence electrons. The Balaban J connectivity index is 1.46. The summed E-state index contributed by atoms with van der Waals surface area (Å²) in [6.45, 7) is 6.26. The lowest BCUT2D eigenvalue weighted by Crippen LogP contribution is -2.48. The first kappa shape index (κ1) is 23.7. The molecule has 5 nitrogen and oxygen atoms in total. The zero-order valence-corrected chi connectivity index (χ0v) is 20.9. The Hall–Kier alpha value is -3.02. The van der Waals surface area contributed by atoms with Crippen molar-refractivity contribution in [1.29, 1.82) is 0 Å². The van der Waals surface area contributed by atoms with Crippen molar-refractivity contribution < 1.29 is 9.18 Å². The molecular formula is C29H35FN4O. The SMILES string of the molecule is CC1C=CN=C1NC(=O)C(C)(C)C(C1=Cc2cnn(-c3ccc(F)cc3)c2CC1)C1CCCCC1. The van der Waals surface area contributed by atoms with Gasteiger partial charge in [-0.05, 0) is 61.8 Å². The summed E-state index contributed by atoms with van der Waals surface area (Å²) in [5.41, 5.74) is 3.90. The van der Waals surface area contributed by atoms with Crippen LogP contribution in [0, 0.1) is 29.0 Å². The van der Waals surface area contributed by atoms with Crippen molar-refractivity contribution in [2.45, 2.75) is 65.7 Å². The van der Waals surface area contributed by atoms with Crippen molar-refractivity contribution >= 4 is 17.8 Å². The number of carbonyl (C=O) groups excluding carboxylic acids is 1. The summed E-state index contributed by atoms with van der Waals surface area (Å²) < 4.78 is 15.3. The van der Waals surface area contributed by atoms with E-state index in [1.807, 2.05) is 17.0 Å². The molecule has 5 rings (SSSR count). The van der Waals surface area contributed by atoms with Gasteiger partial charge in [0.25, 0.3) is 0 Å². The van der Waals surface area contributed by atoms with Crippen LogP contribution in [0.5, 0.6) is 0 Å². The predicted molar refractivity (Wildman–Crippen MR) is 138 cm³/mol. The number of amidine groups is 1. The molecule has 0 saturated heterocycles. The van der Waals surface area contributed by atoms with Crippen LogP contribution in [0.2, 0.25) is 0 Å². The topological polar surface area (TPSA) is 59.3 Å². The minimum Gasteiger partial charge on any atom is -0.313 e. The molecule has 0 spiro atoms. The molecule has 1 N–H and O–H groups in total. The normalized spacial score (nSPS) is 21.3. The second-order valence-corrected chi connectivity index (χ2v) is 10.9. The molecule has 35 heavy (non-hydrogen) atoms. The van der Waals surface area contributed by atoms with E-state index in [1.165, 1.54) is 49.8 Å². The third kappa shape index (κ3) is 4.63. The Morgan fingerprint density at radius 1 is 1.14 bits per heavy atom. The highest BCUT2D eigenvalue weighted by Crippen LogP contribution is 2.47. The zero-order valence-electron chi connectivity index (χ0n) is 20.9. The van der Waals surface area contributed by atoms with Crippen LogP contribution in [0.4, 0.5) is 4.39 Å². The molecule has 0 radical (unpaired) electrons. The van der Waals surface area contributed by atoms with E-state index in [4.69, 9.17) is 0 Å². The summed E-state index contributed by atoms with van der Waals surface area (Å²) in [5, 5.41) is 7.78. The van der Waals surface area contributed by atoms with Gasteiger partial charge in [-0.15, -0.1) is 0 Å². The first-order chi connectivity index (χ1) is 16.8. The lowest BCUT2D eigenvalue weighted by atomic mass is 9.62. The summed E-state index contributed by atoms with van der Waals surface area (Å²) in [6, 6.07) is 6.47. The number of nitrogens with zero attached hydrogens (tertiary/aromatic N) is 3. The molecule has 1 saturated carbocycles. The van der Waals surface area contributed by atoms with Crippen molar-refractivity contribution in [2.24, 2.45) is 28.2 Å². The van der Waals surface area contributed by atoms with Gasteiger partial charge in [0.15, 0.2) is 0 Å². The molecule has 1 aliphatic heterocycles. The largest absolute Gasteiger partial charge is 0.313 e. The van der Waals surface area contributed by atoms with Crippen molar-refractivity contribution in [1.82, 2.24) is 15.1 Å². The number of aromatic nitrogens is 2. The van der Waals surface area contributed by atoms with E-state index >= 15 is 0 Å². The Labute approximate surface area is 207 Å². The van der Waals surface area contributed by atoms with E-state index in [2.05, 4.69) is 42.3 Å². The summed E-state index contributed by atoms with van der Waals surface area (Å²) in [6.07, 6.45) is 15.8. The van der Waals surface area contributed by atoms with Gasteiger partial charge in [-0.2, -0.15) is 5.10 Å². The van der Waals surface area contributed by atoms with Gasteiger partial charge >= 0.3 is 0 Å². The molecule has 2 unspecified atom stereocenters. The van der Waals surface area contributed by atoms with Gasteiger partial charge in [0.2, 0.25) is 5.91 Å². The highest BCUT2D eigenvalue weighted by Gasteiger charge is 2.44. The van der Waals surface area contributed by atoms with E-state index < -0.39 is 5.41 Å². The molecule has 0 bridgehead atoms. The minimum atomic E-state index is -0.566. The summed E-state index contributed by atoms with van der Waals surface area (Å²) in [5.74, 6) is 1.33. The number of aliphatic imine (C=N–C) groups is 1. The van der Waals surface area contributed by atoms with Gasteiger partial charge in [-0.3, -0.25) is 4.79 Å². The Bertz CT molecular complexity index is 1180. The molecule has 1 fully saturated rings. The second kappa shape index (κ2) is 9.56. The number of carbonyl (C=O) groups is 1. The van der Waals surface area contributed by atoms with Crippen LogP contribution in [0.3, 0.4) is 0 Å². The third-order valence-electron chi connectivity index (χ3n) is 8.11. The fourth-order valence-electron chi connectivity index (χ4n) is 6.19. The maximum Gasteiger partial charge on any atom is 0.231 e. The molecule has 3 aliphatic rings. The van der Waals surface area contributed by atoms with E-state index in [9.17, 15) is 9.18 Å². The van der Waals surface area contributed by atoms with Crippen molar-refractivity contribution in [2.75, 3.05) is 0 Å². The van der Waals surface area contributed by atoms with Crippen LogP contribution >= 0.6 is 0 Å². The van der Waals surface area contributed by atoms with Crippen molar-refractivity contribution in [3.8, 4) is 5.69 Å². The number of amides is 1. The number of nitrogens with one attached hydrogen (secondary N) is 1. The second-order valence-electron chi connectivity index (χ2n) is 10.9. The molecule has 1 amide bonds. The lowest BCUT2D eigenvalue weighted by molar-refractivity contribution is -0.131. The summed E-state index contributed by atoms with van der Waals surface area (Å²) >= 11 is 0. The highest BCUT2D eigenvalue weighted by atomic mass is 19.1. The monoisotopic (exact) mass is 474 g/mol. The maximum atomic E-state index is 13.7. The zero-order chi connectivity index (χ0) is 24.6. The summed E-state index contributed by atoms with van der Waals surface area (Å²) in [7, 11) is 0. The smallest absolute Gasteiger partial charge is 0.231 e. The molecule has 2 aliphatic carbocycles. The number of fused-ring (bicyclic) bond motifs is 1. The number of hydrogen-bond acceptors (Lipinski definition) is 3. The van der Waals surface area contributed by atoms with E-state index in [0.717, 1.165) is 35.6 Å². The molecular weight excluding hydrogens is 439 g/mol. The fourth-order valence-corrected chi connectivity index (χ4v) is 6.19.